The number of Topliss-reactive ketones (excluding diaryl/α,β-unsaturated/α-hetero) is 2. The van der Waals surface area contributed by atoms with Crippen LogP contribution in [0.4, 0.5) is 4.79 Å². The normalized spacial score (nSPS) is 35.7. The Morgan fingerprint density at radius 3 is 2.59 bits per heavy atom. The number of rotatable bonds is 4. The van der Waals surface area contributed by atoms with Crippen LogP contribution in [0.2, 0.25) is 0 Å². The number of methoxy groups -OCH3 is 1. The third-order valence-electron chi connectivity index (χ3n) is 7.07. The number of allylic oxidation sites excluding steroid dienone is 2. The van der Waals surface area contributed by atoms with Gasteiger partial charge in [0.1, 0.15) is 6.61 Å². The molecule has 4 heterocycles. The summed E-state index contributed by atoms with van der Waals surface area (Å²) in [6.07, 6.45) is 2.22. The fourth-order valence-corrected chi connectivity index (χ4v) is 5.78. The maximum absolute atomic E-state index is 13.7. The van der Waals surface area contributed by atoms with Crippen molar-refractivity contribution in [1.82, 2.24) is 15.1 Å². The van der Waals surface area contributed by atoms with E-state index >= 15 is 0 Å². The first-order valence-corrected chi connectivity index (χ1v) is 10.2. The molecule has 3 fully saturated rings. The number of hydrogen-bond donors (Lipinski definition) is 2. The van der Waals surface area contributed by atoms with Gasteiger partial charge in [0.2, 0.25) is 11.6 Å². The minimum Gasteiger partial charge on any atom is -0.449 e. The summed E-state index contributed by atoms with van der Waals surface area (Å²) in [4.78, 5) is 42.5. The maximum Gasteiger partial charge on any atom is 0.404 e. The molecule has 0 aromatic rings. The summed E-state index contributed by atoms with van der Waals surface area (Å²) in [6, 6.07) is 0.162. The highest BCUT2D eigenvalue weighted by Crippen LogP contribution is 2.56. The van der Waals surface area contributed by atoms with E-state index in [0.717, 1.165) is 32.4 Å². The fourth-order valence-electron chi connectivity index (χ4n) is 5.78. The Morgan fingerprint density at radius 1 is 1.21 bits per heavy atom. The molecule has 0 saturated carbocycles. The van der Waals surface area contributed by atoms with Crippen molar-refractivity contribution in [2.24, 2.45) is 11.7 Å². The molecule has 9 heteroatoms. The van der Waals surface area contributed by atoms with E-state index in [0.29, 0.717) is 29.1 Å². The Bertz CT molecular complexity index is 874. The van der Waals surface area contributed by atoms with Crippen molar-refractivity contribution in [2.75, 3.05) is 33.4 Å². The van der Waals surface area contributed by atoms with Gasteiger partial charge in [-0.2, -0.15) is 0 Å². The first-order chi connectivity index (χ1) is 13.9. The topological polar surface area (TPSA) is 124 Å². The van der Waals surface area contributed by atoms with E-state index in [4.69, 9.17) is 15.2 Å². The van der Waals surface area contributed by atoms with Gasteiger partial charge in [-0.05, 0) is 26.2 Å². The number of likely N-dealkylation sites (tertiary alicyclic amines) is 1. The molecule has 4 aliphatic heterocycles. The van der Waals surface area contributed by atoms with Gasteiger partial charge in [0.25, 0.3) is 0 Å². The van der Waals surface area contributed by atoms with Gasteiger partial charge in [-0.3, -0.25) is 9.59 Å². The summed E-state index contributed by atoms with van der Waals surface area (Å²) in [7, 11) is 1.58. The smallest absolute Gasteiger partial charge is 0.404 e. The molecule has 1 amide bonds. The summed E-state index contributed by atoms with van der Waals surface area (Å²) in [6.45, 7) is 3.75. The van der Waals surface area contributed by atoms with Gasteiger partial charge in [-0.15, -0.1) is 0 Å². The van der Waals surface area contributed by atoms with E-state index in [2.05, 4.69) is 5.32 Å². The number of ether oxygens (including phenoxy) is 2. The van der Waals surface area contributed by atoms with Gasteiger partial charge in [-0.1, -0.05) is 0 Å². The number of hydrogen-bond acceptors (Lipinski definition) is 8. The number of carbonyl (C=O) groups excluding carboxylic acids is 3. The predicted molar refractivity (Wildman–Crippen MR) is 101 cm³/mol. The van der Waals surface area contributed by atoms with Crippen LogP contribution >= 0.6 is 0 Å². The molecular formula is C20H26N4O5. The number of amides is 1. The molecule has 29 heavy (non-hydrogen) atoms. The van der Waals surface area contributed by atoms with Crippen molar-refractivity contribution in [3.8, 4) is 0 Å². The molecule has 0 aromatic heterocycles. The molecule has 0 bridgehead atoms. The monoisotopic (exact) mass is 402 g/mol. The standard InChI is InChI=1S/C20H26N4O5/c1-10-14(23-6-4-3-5-7-23)17(26)13-11(9-29-19(21)27)20(28-2)18-12(22-18)8-24(20)15(13)16(10)25/h11-12,18,22H,3-9H2,1-2H3,(H2,21,27)/t11-,12+,18+,20-/m1/s1. The number of carbonyl (C=O) groups is 3. The molecule has 0 spiro atoms. The Balaban J connectivity index is 1.59. The molecule has 3 N–H and O–H groups in total. The van der Waals surface area contributed by atoms with Crippen LogP contribution < -0.4 is 11.1 Å². The Hall–Kier alpha value is -2.39. The van der Waals surface area contributed by atoms with Crippen molar-refractivity contribution < 1.29 is 23.9 Å². The molecule has 1 aliphatic carbocycles. The summed E-state index contributed by atoms with van der Waals surface area (Å²) < 4.78 is 11.1. The van der Waals surface area contributed by atoms with Crippen molar-refractivity contribution in [1.29, 1.82) is 0 Å². The number of piperazine rings is 1. The number of ketones is 2. The van der Waals surface area contributed by atoms with E-state index in [1.165, 1.54) is 0 Å². The molecule has 5 aliphatic rings. The van der Waals surface area contributed by atoms with Crippen LogP contribution in [0.15, 0.2) is 22.5 Å². The average Bonchev–Trinajstić information content (AvgIpc) is 3.32. The van der Waals surface area contributed by atoms with Crippen LogP contribution in [0.25, 0.3) is 0 Å². The van der Waals surface area contributed by atoms with Gasteiger partial charge < -0.3 is 30.3 Å². The van der Waals surface area contributed by atoms with Crippen LogP contribution in [-0.4, -0.2) is 78.6 Å². The largest absolute Gasteiger partial charge is 0.449 e. The van der Waals surface area contributed by atoms with E-state index in [1.807, 2.05) is 9.80 Å². The van der Waals surface area contributed by atoms with Gasteiger partial charge in [-0.25, -0.2) is 4.79 Å². The fraction of sp³-hybridized carbons (Fsp3) is 0.650. The van der Waals surface area contributed by atoms with E-state index in [-0.39, 0.29) is 30.3 Å². The first-order valence-electron chi connectivity index (χ1n) is 10.2. The Kier molecular flexibility index (Phi) is 4.05. The lowest BCUT2D eigenvalue weighted by atomic mass is 9.82. The molecule has 156 valence electrons. The Morgan fingerprint density at radius 2 is 1.93 bits per heavy atom. The number of nitrogens with one attached hydrogen (secondary N) is 1. The van der Waals surface area contributed by atoms with Gasteiger partial charge in [0.05, 0.1) is 23.4 Å². The van der Waals surface area contributed by atoms with Crippen molar-refractivity contribution in [3.05, 3.63) is 22.5 Å². The SMILES string of the molecule is CO[C@@]12[C@H](COC(N)=O)C3=C(C(=O)C(C)=C(N4CCCCC4)C3=O)N1C[C@@H]1N[C@@H]12. The van der Waals surface area contributed by atoms with Gasteiger partial charge >= 0.3 is 6.09 Å². The van der Waals surface area contributed by atoms with Gasteiger partial charge in [0, 0.05) is 43.9 Å². The number of nitrogens with zero attached hydrogens (tertiary/aromatic N) is 2. The zero-order chi connectivity index (χ0) is 20.5. The summed E-state index contributed by atoms with van der Waals surface area (Å²) in [5.41, 5.74) is 6.08. The number of nitrogens with two attached hydrogens (primary N) is 1. The molecule has 0 unspecified atom stereocenters. The van der Waals surface area contributed by atoms with Crippen LogP contribution in [0.3, 0.4) is 0 Å². The first kappa shape index (κ1) is 18.6. The zero-order valence-corrected chi connectivity index (χ0v) is 16.7. The second-order valence-corrected chi connectivity index (χ2v) is 8.44. The third-order valence-corrected chi connectivity index (χ3v) is 7.07. The minimum atomic E-state index is -0.923. The Labute approximate surface area is 168 Å². The maximum atomic E-state index is 13.7. The van der Waals surface area contributed by atoms with Crippen molar-refractivity contribution >= 4 is 17.7 Å². The summed E-state index contributed by atoms with van der Waals surface area (Å²) in [5, 5.41) is 3.36. The lowest BCUT2D eigenvalue weighted by molar-refractivity contribution is -0.137. The molecule has 3 saturated heterocycles. The number of piperidine rings is 1. The number of fused-ring (bicyclic) bond motifs is 4. The lowest BCUT2D eigenvalue weighted by Crippen LogP contribution is -2.55. The van der Waals surface area contributed by atoms with Crippen LogP contribution in [0.5, 0.6) is 0 Å². The molecule has 4 atom stereocenters. The van der Waals surface area contributed by atoms with Crippen LogP contribution in [0, 0.1) is 5.92 Å². The van der Waals surface area contributed by atoms with Gasteiger partial charge in [0.15, 0.2) is 5.72 Å². The van der Waals surface area contributed by atoms with Crippen molar-refractivity contribution in [2.45, 2.75) is 44.0 Å². The average molecular weight is 402 g/mol. The van der Waals surface area contributed by atoms with Crippen LogP contribution in [0.1, 0.15) is 26.2 Å². The molecular weight excluding hydrogens is 376 g/mol. The summed E-state index contributed by atoms with van der Waals surface area (Å²) >= 11 is 0. The highest BCUT2D eigenvalue weighted by atomic mass is 16.6. The molecule has 9 nitrogen and oxygen atoms in total. The highest BCUT2D eigenvalue weighted by Gasteiger charge is 2.72. The number of primary amides is 1. The van der Waals surface area contributed by atoms with E-state index in [1.54, 1.807) is 14.0 Å². The highest BCUT2D eigenvalue weighted by molar-refractivity contribution is 6.25. The van der Waals surface area contributed by atoms with Crippen molar-refractivity contribution in [3.63, 3.8) is 0 Å². The summed E-state index contributed by atoms with van der Waals surface area (Å²) in [5.74, 6) is -0.867. The molecule has 0 aromatic carbocycles. The van der Waals surface area contributed by atoms with Crippen LogP contribution in [-0.2, 0) is 19.1 Å². The van der Waals surface area contributed by atoms with E-state index < -0.39 is 17.7 Å². The minimum absolute atomic E-state index is 0.0288. The lowest BCUT2D eigenvalue weighted by Gasteiger charge is -2.39. The second kappa shape index (κ2) is 6.30. The van der Waals surface area contributed by atoms with E-state index in [9.17, 15) is 14.4 Å². The predicted octanol–water partition coefficient (Wildman–Crippen LogP) is -0.124. The third kappa shape index (κ3) is 2.37. The quantitative estimate of drug-likeness (QED) is 0.493. The molecule has 5 rings (SSSR count). The second-order valence-electron chi connectivity index (χ2n) is 8.44. The zero-order valence-electron chi connectivity index (χ0n) is 16.7. The molecule has 0 radical (unpaired) electrons.